The molecule has 0 saturated carbocycles. The van der Waals surface area contributed by atoms with Crippen molar-refractivity contribution in [2.75, 3.05) is 26.4 Å². The highest BCUT2D eigenvalue weighted by molar-refractivity contribution is 5.66. The monoisotopic (exact) mass is 380 g/mol. The van der Waals surface area contributed by atoms with Crippen LogP contribution in [-0.2, 0) is 28.6 Å². The van der Waals surface area contributed by atoms with Crippen molar-refractivity contribution < 1.29 is 38.2 Å². The summed E-state index contributed by atoms with van der Waals surface area (Å²) in [5.74, 6) is 0. The minimum absolute atomic E-state index is 0.129. The van der Waals surface area contributed by atoms with E-state index < -0.39 is 29.7 Å². The molecule has 0 unspecified atom stereocenters. The fraction of sp³-hybridized carbons (Fsp3) is 0.875. The van der Waals surface area contributed by atoms with Crippen LogP contribution in [0.5, 0.6) is 0 Å². The number of hydrogen-bond donors (Lipinski definition) is 2. The minimum Gasteiger partial charge on any atom is -0.442 e. The van der Waals surface area contributed by atoms with Gasteiger partial charge in [-0.2, -0.15) is 11.0 Å². The van der Waals surface area contributed by atoms with Crippen LogP contribution >= 0.6 is 0 Å². The number of rotatable bonds is 10. The lowest BCUT2D eigenvalue weighted by molar-refractivity contribution is -0.154. The Balaban J connectivity index is 3.54. The molecule has 0 spiro atoms. The van der Waals surface area contributed by atoms with Crippen LogP contribution in [0.2, 0.25) is 0 Å². The molecule has 0 fully saturated rings. The second-order valence-corrected chi connectivity index (χ2v) is 7.21. The molecule has 0 atom stereocenters. The first-order valence-electron chi connectivity index (χ1n) is 8.34. The van der Waals surface area contributed by atoms with Gasteiger partial charge in [-0.05, 0) is 48.5 Å². The van der Waals surface area contributed by atoms with Crippen molar-refractivity contribution in [2.45, 2.75) is 66.0 Å². The van der Waals surface area contributed by atoms with Gasteiger partial charge in [0.05, 0.1) is 26.4 Å². The largest absolute Gasteiger partial charge is 0.442 e. The van der Waals surface area contributed by atoms with Gasteiger partial charge < -0.3 is 18.9 Å². The quantitative estimate of drug-likeness (QED) is 0.337. The average molecular weight is 380 g/mol. The maximum atomic E-state index is 11.3. The molecular weight excluding hydrogens is 348 g/mol. The Hall–Kier alpha value is -1.62. The van der Waals surface area contributed by atoms with E-state index >= 15 is 0 Å². The molecule has 0 aromatic carbocycles. The fourth-order valence-corrected chi connectivity index (χ4v) is 1.38. The molecule has 0 aliphatic rings. The molecule has 0 aromatic heterocycles. The summed E-state index contributed by atoms with van der Waals surface area (Å²) < 4.78 is 20.6. The third-order valence-corrected chi connectivity index (χ3v) is 2.18. The molecule has 0 heterocycles. The second kappa shape index (κ2) is 11.9. The zero-order chi connectivity index (χ0) is 20.2. The van der Waals surface area contributed by atoms with Crippen molar-refractivity contribution in [3.8, 4) is 0 Å². The van der Waals surface area contributed by atoms with Gasteiger partial charge in [-0.3, -0.25) is 9.68 Å². The Kier molecular flexibility index (Phi) is 11.2. The van der Waals surface area contributed by atoms with Gasteiger partial charge in [-0.1, -0.05) is 0 Å². The molecule has 0 aromatic rings. The number of carbonyl (C=O) groups excluding carboxylic acids is 2. The van der Waals surface area contributed by atoms with Crippen LogP contribution in [0.25, 0.3) is 0 Å². The van der Waals surface area contributed by atoms with Crippen LogP contribution in [0.15, 0.2) is 0 Å². The van der Waals surface area contributed by atoms with Crippen molar-refractivity contribution in [1.82, 2.24) is 11.0 Å². The molecule has 2 amide bonds. The van der Waals surface area contributed by atoms with E-state index in [1.54, 1.807) is 48.5 Å². The summed E-state index contributed by atoms with van der Waals surface area (Å²) in [4.78, 5) is 32.4. The predicted octanol–water partition coefficient (Wildman–Crippen LogP) is 2.28. The molecule has 0 bridgehead atoms. The molecule has 154 valence electrons. The minimum atomic E-state index is -0.670. The van der Waals surface area contributed by atoms with Crippen LogP contribution in [0.3, 0.4) is 0 Å². The van der Waals surface area contributed by atoms with Crippen molar-refractivity contribution in [2.24, 2.45) is 0 Å². The van der Waals surface area contributed by atoms with E-state index in [1.165, 1.54) is 0 Å². The predicted molar refractivity (Wildman–Crippen MR) is 92.0 cm³/mol. The third-order valence-electron chi connectivity index (χ3n) is 2.18. The van der Waals surface area contributed by atoms with E-state index in [4.69, 9.17) is 28.6 Å². The smallest absolute Gasteiger partial charge is 0.431 e. The number of amides is 2. The van der Waals surface area contributed by atoms with Gasteiger partial charge >= 0.3 is 12.2 Å². The maximum absolute atomic E-state index is 11.3. The van der Waals surface area contributed by atoms with E-state index in [-0.39, 0.29) is 26.4 Å². The fourth-order valence-electron chi connectivity index (χ4n) is 1.38. The van der Waals surface area contributed by atoms with E-state index in [1.807, 2.05) is 0 Å². The molecule has 26 heavy (non-hydrogen) atoms. The summed E-state index contributed by atoms with van der Waals surface area (Å²) in [7, 11) is 0. The number of hydrogen-bond acceptors (Lipinski definition) is 8. The summed E-state index contributed by atoms with van der Waals surface area (Å²) in [5.41, 5.74) is 3.11. The van der Waals surface area contributed by atoms with Gasteiger partial charge in [0.2, 0.25) is 0 Å². The molecule has 0 radical (unpaired) electrons. The first kappa shape index (κ1) is 24.4. The molecule has 0 aliphatic carbocycles. The molecular formula is C16H32N2O8. The summed E-state index contributed by atoms with van der Waals surface area (Å²) in [5, 5.41) is 0. The lowest BCUT2D eigenvalue weighted by Gasteiger charge is -2.19. The highest BCUT2D eigenvalue weighted by Gasteiger charge is 2.16. The van der Waals surface area contributed by atoms with Gasteiger partial charge in [-0.25, -0.2) is 9.59 Å². The number of hydroxylamine groups is 2. The van der Waals surface area contributed by atoms with Crippen LogP contribution in [0.4, 0.5) is 9.59 Å². The summed E-state index contributed by atoms with van der Waals surface area (Å²) in [6.07, 6.45) is -1.85. The molecule has 10 nitrogen and oxygen atoms in total. The zero-order valence-corrected chi connectivity index (χ0v) is 16.7. The van der Waals surface area contributed by atoms with Gasteiger partial charge in [-0.15, -0.1) is 0 Å². The van der Waals surface area contributed by atoms with E-state index in [2.05, 4.69) is 11.0 Å². The van der Waals surface area contributed by atoms with Crippen LogP contribution in [0.1, 0.15) is 48.5 Å². The molecule has 0 saturated heterocycles. The zero-order valence-electron chi connectivity index (χ0n) is 16.7. The van der Waals surface area contributed by atoms with Crippen LogP contribution in [-0.4, -0.2) is 56.1 Å². The van der Waals surface area contributed by atoms with E-state index in [0.29, 0.717) is 0 Å². The summed E-state index contributed by atoms with van der Waals surface area (Å²) in [6, 6.07) is 0. The molecule has 2 N–H and O–H groups in total. The summed E-state index contributed by atoms with van der Waals surface area (Å²) in [6.45, 7) is 12.9. The van der Waals surface area contributed by atoms with Crippen molar-refractivity contribution in [1.29, 1.82) is 0 Å². The Morgan fingerprint density at radius 1 is 0.731 bits per heavy atom. The van der Waals surface area contributed by atoms with E-state index in [0.717, 1.165) is 0 Å². The van der Waals surface area contributed by atoms with Gasteiger partial charge in [0.1, 0.15) is 11.2 Å². The normalized spacial score (nSPS) is 12.0. The van der Waals surface area contributed by atoms with Gasteiger partial charge in [0.15, 0.2) is 6.29 Å². The maximum Gasteiger partial charge on any atom is 0.431 e. The van der Waals surface area contributed by atoms with Crippen molar-refractivity contribution >= 4 is 12.2 Å². The molecule has 0 aliphatic heterocycles. The van der Waals surface area contributed by atoms with Crippen LogP contribution < -0.4 is 11.0 Å². The average Bonchev–Trinajstić information content (AvgIpc) is 2.42. The summed E-state index contributed by atoms with van der Waals surface area (Å²) >= 11 is 0. The van der Waals surface area contributed by atoms with Gasteiger partial charge in [0.25, 0.3) is 0 Å². The van der Waals surface area contributed by atoms with E-state index in [9.17, 15) is 9.59 Å². The highest BCUT2D eigenvalue weighted by atomic mass is 16.7. The number of nitrogens with one attached hydrogen (secondary N) is 2. The first-order valence-corrected chi connectivity index (χ1v) is 8.34. The highest BCUT2D eigenvalue weighted by Crippen LogP contribution is 2.07. The Morgan fingerprint density at radius 2 is 1.08 bits per heavy atom. The lowest BCUT2D eigenvalue weighted by atomic mass is 10.2. The Labute approximate surface area is 154 Å². The van der Waals surface area contributed by atoms with Crippen molar-refractivity contribution in [3.05, 3.63) is 0 Å². The number of ether oxygens (including phenoxy) is 4. The van der Waals surface area contributed by atoms with Gasteiger partial charge in [0, 0.05) is 0 Å². The molecule has 10 heteroatoms. The first-order chi connectivity index (χ1) is 11.9. The second-order valence-electron chi connectivity index (χ2n) is 7.21. The topological polar surface area (TPSA) is 114 Å². The lowest BCUT2D eigenvalue weighted by Crippen LogP contribution is -2.34. The molecule has 0 rings (SSSR count). The Bertz CT molecular complexity index is 379. The third kappa shape index (κ3) is 17.2. The standard InChI is InChI=1S/C16H32N2O8/c1-12(21-8-10-23-17-13(19)25-15(2,3)4)22-9-11-24-18-14(20)26-16(5,6)7/h12H,8-11H2,1-7H3,(H,17,19)(H,18,20). The van der Waals surface area contributed by atoms with Crippen molar-refractivity contribution in [3.63, 3.8) is 0 Å². The SMILES string of the molecule is CC(OCCONC(=O)OC(C)(C)C)OCCONC(=O)OC(C)(C)C. The van der Waals surface area contributed by atoms with Crippen LogP contribution in [0, 0.1) is 0 Å². The Morgan fingerprint density at radius 3 is 1.38 bits per heavy atom. The number of carbonyl (C=O) groups is 2.